The first-order chi connectivity index (χ1) is 16.7. The number of anilines is 2. The number of rotatable bonds is 7. The highest BCUT2D eigenvalue weighted by Gasteiger charge is 2.31. The molecule has 1 saturated heterocycles. The smallest absolute Gasteiger partial charge is 0.233 e. The number of methoxy groups -OCH3 is 1. The van der Waals surface area contributed by atoms with Gasteiger partial charge in [0.2, 0.25) is 11.0 Å². The molecule has 34 heavy (non-hydrogen) atoms. The van der Waals surface area contributed by atoms with Gasteiger partial charge in [0.05, 0.1) is 37.8 Å². The van der Waals surface area contributed by atoms with Crippen molar-refractivity contribution in [2.45, 2.75) is 29.6 Å². The van der Waals surface area contributed by atoms with Crippen molar-refractivity contribution in [1.29, 1.82) is 0 Å². The molecule has 1 fully saturated rings. The van der Waals surface area contributed by atoms with E-state index < -0.39 is 0 Å². The van der Waals surface area contributed by atoms with Gasteiger partial charge in [-0.1, -0.05) is 41.3 Å². The highest BCUT2D eigenvalue weighted by Crippen LogP contribution is 2.38. The van der Waals surface area contributed by atoms with Crippen LogP contribution < -0.4 is 19.5 Å². The van der Waals surface area contributed by atoms with E-state index in [1.807, 2.05) is 41.3 Å². The van der Waals surface area contributed by atoms with Crippen molar-refractivity contribution in [2.75, 3.05) is 37.9 Å². The Morgan fingerprint density at radius 3 is 2.91 bits per heavy atom. The zero-order valence-electron chi connectivity index (χ0n) is 18.9. The lowest BCUT2D eigenvalue weighted by Crippen LogP contribution is -2.32. The molecule has 1 N–H and O–H groups in total. The molecule has 8 nitrogen and oxygen atoms in total. The summed E-state index contributed by atoms with van der Waals surface area (Å²) in [7, 11) is 1.63. The van der Waals surface area contributed by atoms with Gasteiger partial charge in [-0.2, -0.15) is 0 Å². The second-order valence-corrected chi connectivity index (χ2v) is 10.2. The standard InChI is InChI=1S/C24H26N4O4S2/c1-30-19-8-3-2-6-17(19)25-23-26-27-24(34-23)33-15-22(29)28-11-4-7-18(28)16-9-10-20-21(14-16)32-13-5-12-31-20/h2-3,6,8-10,14,18H,4-5,7,11-13,15H2,1H3,(H,25,26). The topological polar surface area (TPSA) is 85.8 Å². The van der Waals surface area contributed by atoms with Gasteiger partial charge in [-0.3, -0.25) is 4.79 Å². The van der Waals surface area contributed by atoms with Crippen LogP contribution in [-0.2, 0) is 4.79 Å². The monoisotopic (exact) mass is 498 g/mol. The van der Waals surface area contributed by atoms with Crippen molar-refractivity contribution < 1.29 is 19.0 Å². The third-order valence-corrected chi connectivity index (χ3v) is 7.76. The predicted octanol–water partition coefficient (Wildman–Crippen LogP) is 4.91. The lowest BCUT2D eigenvalue weighted by molar-refractivity contribution is -0.129. The number of amides is 1. The van der Waals surface area contributed by atoms with E-state index >= 15 is 0 Å². The van der Waals surface area contributed by atoms with Crippen LogP contribution in [0.5, 0.6) is 17.2 Å². The van der Waals surface area contributed by atoms with Crippen LogP contribution in [0.15, 0.2) is 46.8 Å². The summed E-state index contributed by atoms with van der Waals surface area (Å²) in [6.07, 6.45) is 2.81. The van der Waals surface area contributed by atoms with Gasteiger partial charge in [0, 0.05) is 13.0 Å². The number of fused-ring (bicyclic) bond motifs is 1. The van der Waals surface area contributed by atoms with E-state index in [0.717, 1.165) is 58.6 Å². The van der Waals surface area contributed by atoms with Gasteiger partial charge in [0.15, 0.2) is 15.8 Å². The number of hydrogen-bond acceptors (Lipinski definition) is 9. The highest BCUT2D eigenvalue weighted by atomic mass is 32.2. The number of aromatic nitrogens is 2. The fourth-order valence-corrected chi connectivity index (χ4v) is 5.84. The Bertz CT molecular complexity index is 1160. The number of nitrogens with zero attached hydrogens (tertiary/aromatic N) is 3. The molecule has 1 aromatic heterocycles. The molecule has 0 radical (unpaired) electrons. The molecule has 1 atom stereocenters. The molecule has 0 spiro atoms. The number of nitrogens with one attached hydrogen (secondary N) is 1. The van der Waals surface area contributed by atoms with E-state index in [0.29, 0.717) is 24.1 Å². The SMILES string of the molecule is COc1ccccc1Nc1nnc(SCC(=O)N2CCCC2c2ccc3c(c2)OCCCO3)s1. The molecule has 2 aliphatic heterocycles. The summed E-state index contributed by atoms with van der Waals surface area (Å²) >= 11 is 2.84. The maximum absolute atomic E-state index is 13.1. The summed E-state index contributed by atoms with van der Waals surface area (Å²) in [5.41, 5.74) is 1.92. The minimum absolute atomic E-state index is 0.0578. The number of benzene rings is 2. The van der Waals surface area contributed by atoms with Gasteiger partial charge < -0.3 is 24.4 Å². The number of thioether (sulfide) groups is 1. The van der Waals surface area contributed by atoms with Gasteiger partial charge in [0.1, 0.15) is 5.75 Å². The molecule has 0 aliphatic carbocycles. The van der Waals surface area contributed by atoms with E-state index in [-0.39, 0.29) is 11.9 Å². The number of para-hydroxylation sites is 2. The lowest BCUT2D eigenvalue weighted by atomic mass is 10.0. The molecule has 2 aromatic carbocycles. The quantitative estimate of drug-likeness (QED) is 0.460. The van der Waals surface area contributed by atoms with Crippen LogP contribution in [0.25, 0.3) is 0 Å². The molecule has 1 unspecified atom stereocenters. The third-order valence-electron chi connectivity index (χ3n) is 5.80. The predicted molar refractivity (Wildman–Crippen MR) is 133 cm³/mol. The zero-order chi connectivity index (χ0) is 23.3. The van der Waals surface area contributed by atoms with Crippen molar-refractivity contribution in [3.63, 3.8) is 0 Å². The molecule has 3 heterocycles. The Morgan fingerprint density at radius 1 is 1.18 bits per heavy atom. The Hall–Kier alpha value is -2.98. The van der Waals surface area contributed by atoms with Crippen LogP contribution in [0.1, 0.15) is 30.9 Å². The normalized spacial score (nSPS) is 17.3. The minimum atomic E-state index is 0.0578. The summed E-state index contributed by atoms with van der Waals surface area (Å²) in [6, 6.07) is 13.7. The summed E-state index contributed by atoms with van der Waals surface area (Å²) in [6.45, 7) is 2.07. The fraction of sp³-hybridized carbons (Fsp3) is 0.375. The number of hydrogen-bond donors (Lipinski definition) is 1. The van der Waals surface area contributed by atoms with Crippen molar-refractivity contribution in [3.8, 4) is 17.2 Å². The molecular formula is C24H26N4O4S2. The molecule has 1 amide bonds. The zero-order valence-corrected chi connectivity index (χ0v) is 20.5. The maximum Gasteiger partial charge on any atom is 0.233 e. The Balaban J connectivity index is 1.21. The van der Waals surface area contributed by atoms with Crippen molar-refractivity contribution in [2.24, 2.45) is 0 Å². The highest BCUT2D eigenvalue weighted by molar-refractivity contribution is 8.01. The first-order valence-electron chi connectivity index (χ1n) is 11.3. The van der Waals surface area contributed by atoms with Crippen LogP contribution in [-0.4, -0.2) is 53.6 Å². The first kappa shape index (κ1) is 22.8. The number of likely N-dealkylation sites (tertiary alicyclic amines) is 1. The number of carbonyl (C=O) groups excluding carboxylic acids is 1. The minimum Gasteiger partial charge on any atom is -0.495 e. The molecule has 178 valence electrons. The number of ether oxygens (including phenoxy) is 3. The third kappa shape index (κ3) is 5.07. The van der Waals surface area contributed by atoms with E-state index in [4.69, 9.17) is 14.2 Å². The average molecular weight is 499 g/mol. The summed E-state index contributed by atoms with van der Waals surface area (Å²) in [5.74, 6) is 2.71. The Kier molecular flexibility index (Phi) is 7.05. The lowest BCUT2D eigenvalue weighted by Gasteiger charge is -2.25. The molecule has 3 aromatic rings. The van der Waals surface area contributed by atoms with Gasteiger partial charge >= 0.3 is 0 Å². The first-order valence-corrected chi connectivity index (χ1v) is 13.1. The molecule has 0 bridgehead atoms. The van der Waals surface area contributed by atoms with Crippen molar-refractivity contribution >= 4 is 39.8 Å². The van der Waals surface area contributed by atoms with Crippen LogP contribution >= 0.6 is 23.1 Å². The maximum atomic E-state index is 13.1. The van der Waals surface area contributed by atoms with E-state index in [2.05, 4.69) is 21.6 Å². The Labute approximate surface area is 206 Å². The summed E-state index contributed by atoms with van der Waals surface area (Å²) < 4.78 is 17.7. The largest absolute Gasteiger partial charge is 0.495 e. The summed E-state index contributed by atoms with van der Waals surface area (Å²) in [5, 5.41) is 12.3. The second kappa shape index (κ2) is 10.5. The molecule has 2 aliphatic rings. The van der Waals surface area contributed by atoms with Crippen LogP contribution in [0, 0.1) is 0 Å². The average Bonchev–Trinajstić information content (AvgIpc) is 3.47. The molecule has 10 heteroatoms. The molecule has 0 saturated carbocycles. The van der Waals surface area contributed by atoms with Crippen molar-refractivity contribution in [1.82, 2.24) is 15.1 Å². The van der Waals surface area contributed by atoms with E-state index in [1.54, 1.807) is 7.11 Å². The second-order valence-electron chi connectivity index (χ2n) is 7.99. The van der Waals surface area contributed by atoms with Gasteiger partial charge in [-0.15, -0.1) is 10.2 Å². The number of carbonyl (C=O) groups is 1. The van der Waals surface area contributed by atoms with Crippen LogP contribution in [0.2, 0.25) is 0 Å². The Morgan fingerprint density at radius 2 is 2.03 bits per heavy atom. The fourth-order valence-electron chi connectivity index (χ4n) is 4.19. The van der Waals surface area contributed by atoms with Crippen LogP contribution in [0.3, 0.4) is 0 Å². The van der Waals surface area contributed by atoms with Gasteiger partial charge in [-0.05, 0) is 42.7 Å². The van der Waals surface area contributed by atoms with Crippen LogP contribution in [0.4, 0.5) is 10.8 Å². The summed E-state index contributed by atoms with van der Waals surface area (Å²) in [4.78, 5) is 15.1. The van der Waals surface area contributed by atoms with E-state index in [1.165, 1.54) is 23.1 Å². The molecular weight excluding hydrogens is 472 g/mol. The van der Waals surface area contributed by atoms with Gasteiger partial charge in [0.25, 0.3) is 0 Å². The van der Waals surface area contributed by atoms with Gasteiger partial charge in [-0.25, -0.2) is 0 Å². The van der Waals surface area contributed by atoms with Crippen molar-refractivity contribution in [3.05, 3.63) is 48.0 Å². The van der Waals surface area contributed by atoms with E-state index in [9.17, 15) is 4.79 Å². The molecule has 5 rings (SSSR count).